The predicted octanol–water partition coefficient (Wildman–Crippen LogP) is 2.85. The first-order valence-corrected chi connectivity index (χ1v) is 7.89. The summed E-state index contributed by atoms with van der Waals surface area (Å²) in [5.74, 6) is -0.810. The van der Waals surface area contributed by atoms with Crippen LogP contribution in [0.15, 0.2) is 42.2 Å². The molecule has 23 heavy (non-hydrogen) atoms. The zero-order valence-corrected chi connectivity index (χ0v) is 13.2. The molecule has 0 unspecified atom stereocenters. The van der Waals surface area contributed by atoms with Gasteiger partial charge in [0.25, 0.3) is 0 Å². The number of allylic oxidation sites excluding steroid dienone is 1. The summed E-state index contributed by atoms with van der Waals surface area (Å²) >= 11 is 0. The van der Waals surface area contributed by atoms with E-state index in [1.54, 1.807) is 0 Å². The van der Waals surface area contributed by atoms with Crippen molar-refractivity contribution < 1.29 is 14.3 Å². The van der Waals surface area contributed by atoms with E-state index < -0.39 is 5.82 Å². The van der Waals surface area contributed by atoms with Crippen molar-refractivity contribution in [3.8, 4) is 5.75 Å². The van der Waals surface area contributed by atoms with E-state index in [1.165, 1.54) is 37.5 Å². The molecular weight excluding hydrogens is 295 g/mol. The van der Waals surface area contributed by atoms with Crippen molar-refractivity contribution in [3.63, 3.8) is 0 Å². The molecule has 3 rings (SSSR count). The Morgan fingerprint density at radius 3 is 2.83 bits per heavy atom. The number of phenols is 1. The molecular formula is C18H21FN2O2. The van der Waals surface area contributed by atoms with Gasteiger partial charge >= 0.3 is 0 Å². The van der Waals surface area contributed by atoms with Crippen molar-refractivity contribution in [2.24, 2.45) is 0 Å². The second-order valence-corrected chi connectivity index (χ2v) is 6.48. The van der Waals surface area contributed by atoms with Crippen LogP contribution in [0.1, 0.15) is 31.7 Å². The number of carbonyl (C=O) groups excluding carboxylic acids is 1. The smallest absolute Gasteiger partial charge is 0.228 e. The number of rotatable bonds is 4. The van der Waals surface area contributed by atoms with Crippen molar-refractivity contribution in [2.45, 2.75) is 38.1 Å². The number of carbonyl (C=O) groups is 1. The number of hydrogen-bond donors (Lipinski definition) is 2. The van der Waals surface area contributed by atoms with Gasteiger partial charge in [0.05, 0.1) is 6.42 Å². The number of phenolic OH excluding ortho intramolecular Hbond substituents is 1. The number of nitrogens with one attached hydrogen (secondary N) is 1. The topological polar surface area (TPSA) is 52.6 Å². The molecule has 2 N–H and O–H groups in total. The Morgan fingerprint density at radius 1 is 1.43 bits per heavy atom. The zero-order chi connectivity index (χ0) is 16.4. The van der Waals surface area contributed by atoms with Gasteiger partial charge in [-0.2, -0.15) is 0 Å². The van der Waals surface area contributed by atoms with Crippen molar-refractivity contribution in [3.05, 3.63) is 53.6 Å². The molecule has 0 radical (unpaired) electrons. The van der Waals surface area contributed by atoms with Crippen LogP contribution in [0.4, 0.5) is 4.39 Å². The lowest BCUT2D eigenvalue weighted by Gasteiger charge is -2.48. The summed E-state index contributed by atoms with van der Waals surface area (Å²) in [6.07, 6.45) is 9.50. The van der Waals surface area contributed by atoms with E-state index in [0.717, 1.165) is 12.2 Å². The minimum absolute atomic E-state index is 0.0593. The van der Waals surface area contributed by atoms with E-state index in [0.29, 0.717) is 0 Å². The van der Waals surface area contributed by atoms with Gasteiger partial charge in [0.1, 0.15) is 11.6 Å². The second-order valence-electron chi connectivity index (χ2n) is 6.48. The molecule has 1 aromatic rings. The number of hydrogen-bond acceptors (Lipinski definition) is 3. The molecule has 122 valence electrons. The van der Waals surface area contributed by atoms with Gasteiger partial charge in [-0.1, -0.05) is 0 Å². The van der Waals surface area contributed by atoms with Crippen molar-refractivity contribution >= 4 is 5.91 Å². The normalized spacial score (nSPS) is 19.0. The van der Waals surface area contributed by atoms with E-state index >= 15 is 0 Å². The minimum atomic E-state index is -0.466. The van der Waals surface area contributed by atoms with Crippen LogP contribution >= 0.6 is 0 Å². The molecule has 0 spiro atoms. The first-order valence-electron chi connectivity index (χ1n) is 7.89. The van der Waals surface area contributed by atoms with Crippen LogP contribution < -0.4 is 5.32 Å². The lowest BCUT2D eigenvalue weighted by atomic mass is 9.77. The van der Waals surface area contributed by atoms with E-state index in [2.05, 4.69) is 17.1 Å². The summed E-state index contributed by atoms with van der Waals surface area (Å²) in [5.41, 5.74) is 1.27. The predicted molar refractivity (Wildman–Crippen MR) is 86.1 cm³/mol. The number of amides is 1. The van der Waals surface area contributed by atoms with Crippen molar-refractivity contribution in [1.82, 2.24) is 10.2 Å². The quantitative estimate of drug-likeness (QED) is 0.898. The molecule has 1 amide bonds. The first kappa shape index (κ1) is 15.6. The first-order chi connectivity index (χ1) is 11.0. The molecule has 0 saturated heterocycles. The number of aromatic hydroxyl groups is 1. The highest BCUT2D eigenvalue weighted by Crippen LogP contribution is 2.38. The Labute approximate surface area is 135 Å². The monoisotopic (exact) mass is 316 g/mol. The van der Waals surface area contributed by atoms with E-state index in [9.17, 15) is 14.3 Å². The standard InChI is InChI=1S/C18H21FN2O2/c1-18(7-2-8-18)21-9-5-15(6-10-21)20-17(23)12-13-11-14(19)3-4-16(13)22/h3-6,9,11,22H,2,7-8,10,12H2,1H3,(H,20,23). The van der Waals surface area contributed by atoms with E-state index in [4.69, 9.17) is 0 Å². The molecule has 0 bridgehead atoms. The van der Waals surface area contributed by atoms with Crippen LogP contribution in [0.5, 0.6) is 5.75 Å². The highest BCUT2D eigenvalue weighted by molar-refractivity contribution is 5.81. The largest absolute Gasteiger partial charge is 0.508 e. The van der Waals surface area contributed by atoms with Crippen LogP contribution in [0.2, 0.25) is 0 Å². The molecule has 1 heterocycles. The van der Waals surface area contributed by atoms with Gasteiger partial charge < -0.3 is 15.3 Å². The molecule has 1 aromatic carbocycles. The Bertz CT molecular complexity index is 678. The van der Waals surface area contributed by atoms with Gasteiger partial charge in [-0.15, -0.1) is 0 Å². The Hall–Kier alpha value is -2.30. The van der Waals surface area contributed by atoms with Crippen LogP contribution in [-0.4, -0.2) is 28.0 Å². The highest BCUT2D eigenvalue weighted by Gasteiger charge is 2.36. The molecule has 1 fully saturated rings. The average molecular weight is 316 g/mol. The molecule has 5 heteroatoms. The van der Waals surface area contributed by atoms with Crippen LogP contribution in [0.3, 0.4) is 0 Å². The fourth-order valence-electron chi connectivity index (χ4n) is 3.04. The van der Waals surface area contributed by atoms with Crippen LogP contribution in [0.25, 0.3) is 0 Å². The fraction of sp³-hybridized carbons (Fsp3) is 0.389. The minimum Gasteiger partial charge on any atom is -0.508 e. The Kier molecular flexibility index (Phi) is 4.11. The fourth-order valence-corrected chi connectivity index (χ4v) is 3.04. The van der Waals surface area contributed by atoms with Gasteiger partial charge in [-0.25, -0.2) is 4.39 Å². The summed E-state index contributed by atoms with van der Waals surface area (Å²) in [5, 5.41) is 12.5. The third-order valence-electron chi connectivity index (χ3n) is 4.74. The average Bonchev–Trinajstić information content (AvgIpc) is 2.49. The Morgan fingerprint density at radius 2 is 2.22 bits per heavy atom. The molecule has 2 aliphatic rings. The summed E-state index contributed by atoms with van der Waals surface area (Å²) < 4.78 is 13.2. The highest BCUT2D eigenvalue weighted by atomic mass is 19.1. The zero-order valence-electron chi connectivity index (χ0n) is 13.2. The van der Waals surface area contributed by atoms with Crippen LogP contribution in [-0.2, 0) is 11.2 Å². The summed E-state index contributed by atoms with van der Waals surface area (Å²) in [4.78, 5) is 14.4. The third kappa shape index (κ3) is 3.38. The Balaban J connectivity index is 1.57. The molecule has 1 saturated carbocycles. The van der Waals surface area contributed by atoms with Gasteiger partial charge in [0, 0.05) is 29.5 Å². The molecule has 0 atom stereocenters. The number of nitrogens with zero attached hydrogens (tertiary/aromatic N) is 1. The molecule has 0 aromatic heterocycles. The van der Waals surface area contributed by atoms with Gasteiger partial charge in [0.15, 0.2) is 0 Å². The van der Waals surface area contributed by atoms with E-state index in [-0.39, 0.29) is 29.2 Å². The molecule has 1 aliphatic heterocycles. The molecule has 1 aliphatic carbocycles. The van der Waals surface area contributed by atoms with Crippen molar-refractivity contribution in [1.29, 1.82) is 0 Å². The summed E-state index contributed by atoms with van der Waals surface area (Å²) in [6, 6.07) is 3.60. The second kappa shape index (κ2) is 6.07. The van der Waals surface area contributed by atoms with Crippen molar-refractivity contribution in [2.75, 3.05) is 6.54 Å². The number of benzene rings is 1. The maximum absolute atomic E-state index is 13.2. The summed E-state index contributed by atoms with van der Waals surface area (Å²) in [6.45, 7) is 3.03. The maximum Gasteiger partial charge on any atom is 0.228 e. The molecule has 4 nitrogen and oxygen atoms in total. The number of halogens is 1. The summed E-state index contributed by atoms with van der Waals surface area (Å²) in [7, 11) is 0. The lowest BCUT2D eigenvalue weighted by Crippen LogP contribution is -2.49. The van der Waals surface area contributed by atoms with Gasteiger partial charge in [-0.05, 0) is 56.5 Å². The van der Waals surface area contributed by atoms with Gasteiger partial charge in [0.2, 0.25) is 5.91 Å². The maximum atomic E-state index is 13.2. The third-order valence-corrected chi connectivity index (χ3v) is 4.74. The van der Waals surface area contributed by atoms with Gasteiger partial charge in [-0.3, -0.25) is 4.79 Å². The lowest BCUT2D eigenvalue weighted by molar-refractivity contribution is -0.119. The van der Waals surface area contributed by atoms with E-state index in [1.807, 2.05) is 18.4 Å². The SMILES string of the molecule is CC1(N2C=CC(NC(=O)Cc3cc(F)ccc3O)=CC2)CCC1. The van der Waals surface area contributed by atoms with Crippen LogP contribution in [0, 0.1) is 5.82 Å².